The Balaban J connectivity index is 0.00000264. The van der Waals surface area contributed by atoms with Gasteiger partial charge in [0.25, 0.3) is 0 Å². The van der Waals surface area contributed by atoms with Crippen LogP contribution in [0.4, 0.5) is 0 Å². The zero-order valence-electron chi connectivity index (χ0n) is 13.8. The van der Waals surface area contributed by atoms with Gasteiger partial charge < -0.3 is 15.1 Å². The van der Waals surface area contributed by atoms with Crippen molar-refractivity contribution in [2.45, 2.75) is 25.3 Å². The minimum atomic E-state index is -0.504. The molecule has 0 radical (unpaired) electrons. The summed E-state index contributed by atoms with van der Waals surface area (Å²) in [5, 5.41) is 3.05. The van der Waals surface area contributed by atoms with Gasteiger partial charge in [0.2, 0.25) is 11.8 Å². The van der Waals surface area contributed by atoms with Gasteiger partial charge in [-0.05, 0) is 25.5 Å². The van der Waals surface area contributed by atoms with Gasteiger partial charge in [0, 0.05) is 33.1 Å². The quantitative estimate of drug-likeness (QED) is 0.860. The fourth-order valence-electron chi connectivity index (χ4n) is 2.79. The molecule has 1 unspecified atom stereocenters. The summed E-state index contributed by atoms with van der Waals surface area (Å²) < 4.78 is 0. The van der Waals surface area contributed by atoms with Crippen molar-refractivity contribution in [1.82, 2.24) is 15.1 Å². The number of amides is 2. The molecule has 1 aromatic rings. The van der Waals surface area contributed by atoms with Crippen molar-refractivity contribution in [2.75, 3.05) is 33.7 Å². The minimum Gasteiger partial charge on any atom is -0.342 e. The molecule has 1 aromatic carbocycles. The summed E-state index contributed by atoms with van der Waals surface area (Å²) >= 11 is 0. The Bertz CT molecular complexity index is 510. The fraction of sp³-hybridized carbons (Fsp3) is 0.529. The zero-order valence-corrected chi connectivity index (χ0v) is 14.6. The number of hydrogen-bond donors (Lipinski definition) is 1. The minimum absolute atomic E-state index is 0. The van der Waals surface area contributed by atoms with Crippen molar-refractivity contribution in [3.8, 4) is 0 Å². The molecule has 1 atom stereocenters. The van der Waals surface area contributed by atoms with Crippen LogP contribution in [0, 0.1) is 0 Å². The molecule has 1 aliphatic rings. The normalized spacial score (nSPS) is 15.7. The van der Waals surface area contributed by atoms with E-state index in [1.165, 1.54) is 0 Å². The highest BCUT2D eigenvalue weighted by Gasteiger charge is 2.34. The van der Waals surface area contributed by atoms with Crippen LogP contribution in [0.3, 0.4) is 0 Å². The SMILES string of the molecule is CNCCN(C)C(=O)C(c1ccccc1)N1CCCCC1=O.Cl. The average molecular weight is 340 g/mol. The number of hydrogen-bond acceptors (Lipinski definition) is 3. The number of nitrogens with one attached hydrogen (secondary N) is 1. The number of halogens is 1. The number of likely N-dealkylation sites (tertiary alicyclic amines) is 1. The van der Waals surface area contributed by atoms with Gasteiger partial charge in [-0.3, -0.25) is 9.59 Å². The molecule has 0 bridgehead atoms. The predicted molar refractivity (Wildman–Crippen MR) is 93.6 cm³/mol. The van der Waals surface area contributed by atoms with E-state index in [0.29, 0.717) is 19.5 Å². The standard InChI is InChI=1S/C17H25N3O2.ClH/c1-18-11-13-19(2)17(22)16(14-8-4-3-5-9-14)20-12-7-6-10-15(20)21;/h3-5,8-9,16,18H,6-7,10-13H2,1-2H3;1H. The predicted octanol–water partition coefficient (Wildman–Crippen LogP) is 1.84. The van der Waals surface area contributed by atoms with Crippen molar-refractivity contribution < 1.29 is 9.59 Å². The highest BCUT2D eigenvalue weighted by Crippen LogP contribution is 2.27. The van der Waals surface area contributed by atoms with Gasteiger partial charge in [-0.15, -0.1) is 12.4 Å². The molecule has 0 spiro atoms. The van der Waals surface area contributed by atoms with Crippen LogP contribution in [0.2, 0.25) is 0 Å². The first kappa shape index (κ1) is 19.5. The summed E-state index contributed by atoms with van der Waals surface area (Å²) in [4.78, 5) is 28.6. The summed E-state index contributed by atoms with van der Waals surface area (Å²) in [7, 11) is 3.66. The highest BCUT2D eigenvalue weighted by molar-refractivity contribution is 5.89. The average Bonchev–Trinajstić information content (AvgIpc) is 2.55. The molecule has 1 fully saturated rings. The van der Waals surface area contributed by atoms with Crippen LogP contribution in [0.15, 0.2) is 30.3 Å². The second-order valence-corrected chi connectivity index (χ2v) is 5.72. The Morgan fingerprint density at radius 1 is 1.30 bits per heavy atom. The number of piperidine rings is 1. The van der Waals surface area contributed by atoms with E-state index in [0.717, 1.165) is 24.9 Å². The van der Waals surface area contributed by atoms with Crippen LogP contribution in [-0.2, 0) is 9.59 Å². The number of rotatable bonds is 6. The molecule has 1 aliphatic heterocycles. The summed E-state index contributed by atoms with van der Waals surface area (Å²) in [6.07, 6.45) is 2.42. The fourth-order valence-corrected chi connectivity index (χ4v) is 2.79. The summed E-state index contributed by atoms with van der Waals surface area (Å²) in [5.41, 5.74) is 0.888. The molecule has 23 heavy (non-hydrogen) atoms. The Kier molecular flexibility index (Phi) is 8.06. The second kappa shape index (κ2) is 9.53. The Morgan fingerprint density at radius 3 is 2.61 bits per heavy atom. The van der Waals surface area contributed by atoms with Gasteiger partial charge >= 0.3 is 0 Å². The molecule has 2 rings (SSSR count). The van der Waals surface area contributed by atoms with Crippen LogP contribution in [0.1, 0.15) is 30.9 Å². The third-order valence-corrected chi connectivity index (χ3v) is 4.09. The largest absolute Gasteiger partial charge is 0.342 e. The van der Waals surface area contributed by atoms with Crippen LogP contribution in [-0.4, -0.2) is 55.3 Å². The van der Waals surface area contributed by atoms with Crippen LogP contribution >= 0.6 is 12.4 Å². The van der Waals surface area contributed by atoms with Gasteiger partial charge in [-0.25, -0.2) is 0 Å². The van der Waals surface area contributed by atoms with E-state index in [-0.39, 0.29) is 24.2 Å². The van der Waals surface area contributed by atoms with E-state index < -0.39 is 6.04 Å². The maximum absolute atomic E-state index is 12.9. The van der Waals surface area contributed by atoms with E-state index in [1.807, 2.05) is 37.4 Å². The molecule has 1 N–H and O–H groups in total. The van der Waals surface area contributed by atoms with Crippen LogP contribution in [0.5, 0.6) is 0 Å². The van der Waals surface area contributed by atoms with Gasteiger partial charge in [0.05, 0.1) is 0 Å². The lowest BCUT2D eigenvalue weighted by Crippen LogP contribution is -2.47. The third-order valence-electron chi connectivity index (χ3n) is 4.09. The lowest BCUT2D eigenvalue weighted by Gasteiger charge is -2.36. The number of carbonyl (C=O) groups excluding carboxylic acids is 2. The van der Waals surface area contributed by atoms with Gasteiger partial charge in [0.15, 0.2) is 0 Å². The van der Waals surface area contributed by atoms with E-state index in [4.69, 9.17) is 0 Å². The number of carbonyl (C=O) groups is 2. The first-order valence-electron chi connectivity index (χ1n) is 7.89. The van der Waals surface area contributed by atoms with Crippen molar-refractivity contribution in [3.63, 3.8) is 0 Å². The van der Waals surface area contributed by atoms with E-state index in [1.54, 1.807) is 16.8 Å². The zero-order chi connectivity index (χ0) is 15.9. The molecule has 1 saturated heterocycles. The topological polar surface area (TPSA) is 52.7 Å². The van der Waals surface area contributed by atoms with E-state index in [2.05, 4.69) is 5.32 Å². The maximum Gasteiger partial charge on any atom is 0.249 e. The molecule has 6 heteroatoms. The molecule has 0 aromatic heterocycles. The molecule has 0 saturated carbocycles. The number of benzene rings is 1. The van der Waals surface area contributed by atoms with Gasteiger partial charge in [0.1, 0.15) is 6.04 Å². The van der Waals surface area contributed by atoms with E-state index >= 15 is 0 Å². The maximum atomic E-state index is 12.9. The Morgan fingerprint density at radius 2 is 2.00 bits per heavy atom. The van der Waals surface area contributed by atoms with Gasteiger partial charge in [-0.1, -0.05) is 30.3 Å². The highest BCUT2D eigenvalue weighted by atomic mass is 35.5. The Hall–Kier alpha value is -1.59. The van der Waals surface area contributed by atoms with Crippen molar-refractivity contribution in [1.29, 1.82) is 0 Å². The van der Waals surface area contributed by atoms with Crippen molar-refractivity contribution >= 4 is 24.2 Å². The molecular formula is C17H26ClN3O2. The molecule has 128 valence electrons. The smallest absolute Gasteiger partial charge is 0.249 e. The number of likely N-dealkylation sites (N-methyl/N-ethyl adjacent to an activating group) is 2. The van der Waals surface area contributed by atoms with Crippen LogP contribution in [0.25, 0.3) is 0 Å². The molecule has 1 heterocycles. The van der Waals surface area contributed by atoms with Crippen molar-refractivity contribution in [3.05, 3.63) is 35.9 Å². The van der Waals surface area contributed by atoms with Crippen molar-refractivity contribution in [2.24, 2.45) is 0 Å². The molecule has 0 aliphatic carbocycles. The second-order valence-electron chi connectivity index (χ2n) is 5.72. The van der Waals surface area contributed by atoms with E-state index in [9.17, 15) is 9.59 Å². The summed E-state index contributed by atoms with van der Waals surface area (Å²) in [6.45, 7) is 2.02. The Labute approximate surface area is 144 Å². The van der Waals surface area contributed by atoms with Crippen LogP contribution < -0.4 is 5.32 Å². The number of nitrogens with zero attached hydrogens (tertiary/aromatic N) is 2. The summed E-state index contributed by atoms with van der Waals surface area (Å²) in [6, 6.07) is 9.10. The molecule has 2 amide bonds. The first-order chi connectivity index (χ1) is 10.6. The molecule has 5 nitrogen and oxygen atoms in total. The molecular weight excluding hydrogens is 314 g/mol. The van der Waals surface area contributed by atoms with Gasteiger partial charge in [-0.2, -0.15) is 0 Å². The lowest BCUT2D eigenvalue weighted by atomic mass is 10.00. The third kappa shape index (κ3) is 4.94. The monoisotopic (exact) mass is 339 g/mol. The summed E-state index contributed by atoms with van der Waals surface area (Å²) in [5.74, 6) is 0.0622. The lowest BCUT2D eigenvalue weighted by molar-refractivity contribution is -0.147. The first-order valence-corrected chi connectivity index (χ1v) is 7.89.